The molecule has 3 aromatic rings. The van der Waals surface area contributed by atoms with E-state index in [0.717, 1.165) is 5.56 Å². The molecule has 3 rings (SSSR count). The Morgan fingerprint density at radius 3 is 2.44 bits per heavy atom. The van der Waals surface area contributed by atoms with Crippen molar-refractivity contribution >= 4 is 22.8 Å². The van der Waals surface area contributed by atoms with E-state index in [2.05, 4.69) is 10.6 Å². The second kappa shape index (κ2) is 11.0. The van der Waals surface area contributed by atoms with Gasteiger partial charge in [-0.1, -0.05) is 12.1 Å². The van der Waals surface area contributed by atoms with Crippen LogP contribution in [0.15, 0.2) is 57.7 Å². The molecule has 0 spiro atoms. The fourth-order valence-corrected chi connectivity index (χ4v) is 2.95. The van der Waals surface area contributed by atoms with E-state index >= 15 is 0 Å². The van der Waals surface area contributed by atoms with Crippen LogP contribution in [-0.2, 0) is 16.0 Å². The van der Waals surface area contributed by atoms with Crippen molar-refractivity contribution in [1.82, 2.24) is 10.6 Å². The number of ether oxygens (including phenoxy) is 1. The predicted octanol–water partition coefficient (Wildman–Crippen LogP) is 1.70. The predicted molar refractivity (Wildman–Crippen MR) is 117 cm³/mol. The highest BCUT2D eigenvalue weighted by atomic mass is 16.5. The molecule has 0 fully saturated rings. The van der Waals surface area contributed by atoms with Gasteiger partial charge in [0.15, 0.2) is 0 Å². The molecule has 0 aliphatic heterocycles. The SMILES string of the molecule is O=C(CCOCCNC(=O)c1cc2ccc(O)cc2oc1=O)NCCc1ccc(O)cc1. The van der Waals surface area contributed by atoms with Gasteiger partial charge < -0.3 is 30.0 Å². The molecule has 0 saturated carbocycles. The van der Waals surface area contributed by atoms with Crippen LogP contribution in [-0.4, -0.2) is 48.3 Å². The Labute approximate surface area is 183 Å². The minimum Gasteiger partial charge on any atom is -0.508 e. The Kier molecular flexibility index (Phi) is 7.82. The Morgan fingerprint density at radius 1 is 0.906 bits per heavy atom. The summed E-state index contributed by atoms with van der Waals surface area (Å²) < 4.78 is 10.4. The number of nitrogens with one attached hydrogen (secondary N) is 2. The number of hydrogen-bond donors (Lipinski definition) is 4. The van der Waals surface area contributed by atoms with E-state index in [-0.39, 0.29) is 54.7 Å². The minimum atomic E-state index is -0.800. The van der Waals surface area contributed by atoms with Crippen LogP contribution in [0.1, 0.15) is 22.3 Å². The number of phenols is 2. The topological polar surface area (TPSA) is 138 Å². The van der Waals surface area contributed by atoms with Crippen molar-refractivity contribution in [3.05, 3.63) is 70.1 Å². The van der Waals surface area contributed by atoms with Gasteiger partial charge in [0.1, 0.15) is 22.6 Å². The molecule has 0 aliphatic rings. The third-order valence-electron chi connectivity index (χ3n) is 4.64. The smallest absolute Gasteiger partial charge is 0.349 e. The highest BCUT2D eigenvalue weighted by Crippen LogP contribution is 2.19. The van der Waals surface area contributed by atoms with Crippen molar-refractivity contribution in [3.8, 4) is 11.5 Å². The lowest BCUT2D eigenvalue weighted by molar-refractivity contribution is -0.122. The number of amides is 2. The minimum absolute atomic E-state index is 0.0407. The van der Waals surface area contributed by atoms with E-state index < -0.39 is 11.5 Å². The normalized spacial score (nSPS) is 10.8. The molecule has 168 valence electrons. The number of hydrogen-bond acceptors (Lipinski definition) is 7. The molecule has 0 bridgehead atoms. The Hall–Kier alpha value is -3.85. The van der Waals surface area contributed by atoms with Gasteiger partial charge in [-0.15, -0.1) is 0 Å². The number of aromatic hydroxyl groups is 2. The van der Waals surface area contributed by atoms with Gasteiger partial charge in [-0.25, -0.2) is 4.79 Å². The average molecular weight is 440 g/mol. The maximum atomic E-state index is 12.2. The third kappa shape index (κ3) is 6.58. The summed E-state index contributed by atoms with van der Waals surface area (Å²) in [5.41, 5.74) is 0.256. The lowest BCUT2D eigenvalue weighted by Crippen LogP contribution is -2.31. The lowest BCUT2D eigenvalue weighted by atomic mass is 10.1. The molecule has 1 heterocycles. The number of rotatable bonds is 10. The molecule has 2 amide bonds. The van der Waals surface area contributed by atoms with Gasteiger partial charge >= 0.3 is 5.63 Å². The van der Waals surface area contributed by atoms with Gasteiger partial charge in [-0.2, -0.15) is 0 Å². The fourth-order valence-electron chi connectivity index (χ4n) is 2.95. The summed E-state index contributed by atoms with van der Waals surface area (Å²) in [7, 11) is 0. The molecule has 0 atom stereocenters. The zero-order chi connectivity index (χ0) is 22.9. The van der Waals surface area contributed by atoms with Gasteiger partial charge in [0.05, 0.1) is 13.2 Å². The second-order valence-corrected chi connectivity index (χ2v) is 7.05. The molecule has 2 aromatic carbocycles. The Balaban J connectivity index is 1.32. The van der Waals surface area contributed by atoms with Crippen LogP contribution in [0.25, 0.3) is 11.0 Å². The number of carbonyl (C=O) groups excluding carboxylic acids is 2. The standard InChI is InChI=1S/C23H24N2O7/c26-17-4-1-15(2-5-17)7-9-24-21(28)8-11-31-12-10-25-22(29)19-13-16-3-6-18(27)14-20(16)32-23(19)30/h1-6,13-14,26-27H,7-12H2,(H,24,28)(H,25,29). The van der Waals surface area contributed by atoms with Gasteiger partial charge in [0.25, 0.3) is 5.91 Å². The van der Waals surface area contributed by atoms with Crippen molar-refractivity contribution in [1.29, 1.82) is 0 Å². The summed E-state index contributed by atoms with van der Waals surface area (Å²) in [5, 5.41) is 24.5. The number of carbonyl (C=O) groups is 2. The molecular weight excluding hydrogens is 416 g/mol. The van der Waals surface area contributed by atoms with Crippen LogP contribution in [0.2, 0.25) is 0 Å². The Bertz CT molecular complexity index is 1140. The molecule has 32 heavy (non-hydrogen) atoms. The van der Waals surface area contributed by atoms with Crippen molar-refractivity contribution < 1.29 is 29.0 Å². The number of benzene rings is 2. The lowest BCUT2D eigenvalue weighted by Gasteiger charge is -2.08. The van der Waals surface area contributed by atoms with Crippen LogP contribution in [0, 0.1) is 0 Å². The third-order valence-corrected chi connectivity index (χ3v) is 4.64. The first-order valence-electron chi connectivity index (χ1n) is 10.1. The van der Waals surface area contributed by atoms with Gasteiger partial charge in [-0.05, 0) is 42.3 Å². The van der Waals surface area contributed by atoms with E-state index in [1.807, 2.05) is 0 Å². The van der Waals surface area contributed by atoms with E-state index in [4.69, 9.17) is 9.15 Å². The van der Waals surface area contributed by atoms with Crippen LogP contribution in [0.3, 0.4) is 0 Å². The summed E-state index contributed by atoms with van der Waals surface area (Å²) >= 11 is 0. The van der Waals surface area contributed by atoms with Crippen molar-refractivity contribution in [2.45, 2.75) is 12.8 Å². The molecule has 0 radical (unpaired) electrons. The van der Waals surface area contributed by atoms with E-state index in [9.17, 15) is 24.6 Å². The van der Waals surface area contributed by atoms with Gasteiger partial charge in [0, 0.05) is 31.0 Å². The summed E-state index contributed by atoms with van der Waals surface area (Å²) in [6.07, 6.45) is 0.841. The van der Waals surface area contributed by atoms with Crippen molar-refractivity contribution in [2.24, 2.45) is 0 Å². The zero-order valence-electron chi connectivity index (χ0n) is 17.3. The maximum Gasteiger partial charge on any atom is 0.349 e. The summed E-state index contributed by atoms with van der Waals surface area (Å²) in [6.45, 7) is 1.02. The molecule has 0 aliphatic carbocycles. The van der Waals surface area contributed by atoms with E-state index in [1.54, 1.807) is 30.3 Å². The molecular formula is C23H24N2O7. The average Bonchev–Trinajstić information content (AvgIpc) is 2.76. The van der Waals surface area contributed by atoms with Crippen LogP contribution < -0.4 is 16.3 Å². The fraction of sp³-hybridized carbons (Fsp3) is 0.261. The second-order valence-electron chi connectivity index (χ2n) is 7.05. The van der Waals surface area contributed by atoms with Gasteiger partial charge in [0.2, 0.25) is 5.91 Å². The quantitative estimate of drug-likeness (QED) is 0.278. The van der Waals surface area contributed by atoms with Crippen LogP contribution in [0.4, 0.5) is 0 Å². The Morgan fingerprint density at radius 2 is 1.66 bits per heavy atom. The zero-order valence-corrected chi connectivity index (χ0v) is 17.3. The van der Waals surface area contributed by atoms with Gasteiger partial charge in [-0.3, -0.25) is 9.59 Å². The maximum absolute atomic E-state index is 12.2. The first-order chi connectivity index (χ1) is 15.4. The van der Waals surface area contributed by atoms with E-state index in [1.165, 1.54) is 18.2 Å². The molecule has 9 heteroatoms. The van der Waals surface area contributed by atoms with Crippen molar-refractivity contribution in [3.63, 3.8) is 0 Å². The number of phenolic OH excluding ortho intramolecular Hbond substituents is 2. The summed E-state index contributed by atoms with van der Waals surface area (Å²) in [4.78, 5) is 36.0. The molecule has 9 nitrogen and oxygen atoms in total. The first-order valence-corrected chi connectivity index (χ1v) is 10.1. The van der Waals surface area contributed by atoms with E-state index in [0.29, 0.717) is 18.4 Å². The largest absolute Gasteiger partial charge is 0.508 e. The first kappa shape index (κ1) is 22.8. The van der Waals surface area contributed by atoms with Crippen molar-refractivity contribution in [2.75, 3.05) is 26.3 Å². The summed E-state index contributed by atoms with van der Waals surface area (Å²) in [6, 6.07) is 12.5. The molecule has 1 aromatic heterocycles. The molecule has 0 unspecified atom stereocenters. The highest BCUT2D eigenvalue weighted by Gasteiger charge is 2.13. The molecule has 4 N–H and O–H groups in total. The van der Waals surface area contributed by atoms with Crippen LogP contribution >= 0.6 is 0 Å². The monoisotopic (exact) mass is 440 g/mol. The number of fused-ring (bicyclic) bond motifs is 1. The van der Waals surface area contributed by atoms with Crippen LogP contribution in [0.5, 0.6) is 11.5 Å². The summed E-state index contributed by atoms with van der Waals surface area (Å²) in [5.74, 6) is -0.578. The molecule has 0 saturated heterocycles. The highest BCUT2D eigenvalue weighted by molar-refractivity contribution is 5.96.